The first-order valence-corrected chi connectivity index (χ1v) is 9.78. The molecule has 0 bridgehead atoms. The van der Waals surface area contributed by atoms with Crippen LogP contribution in [-0.4, -0.2) is 12.4 Å². The first-order valence-electron chi connectivity index (χ1n) is 7.96. The van der Waals surface area contributed by atoms with Gasteiger partial charge in [0.2, 0.25) is 0 Å². The zero-order chi connectivity index (χ0) is 18.3. The Morgan fingerprint density at radius 2 is 1.42 bits per heavy atom. The molecule has 4 aromatic rings. The van der Waals surface area contributed by atoms with E-state index in [1.807, 2.05) is 6.07 Å². The number of nitrogens with two attached hydrogens (primary N) is 1. The van der Waals surface area contributed by atoms with Crippen LogP contribution >= 0.6 is 11.6 Å². The minimum atomic E-state index is -3.86. The van der Waals surface area contributed by atoms with Crippen molar-refractivity contribution in [1.29, 1.82) is 0 Å². The molecule has 0 radical (unpaired) electrons. The maximum atomic E-state index is 13.4. The molecule has 0 saturated carbocycles. The maximum absolute atomic E-state index is 13.4. The molecular formula is C20H15ClN2O2S. The van der Waals surface area contributed by atoms with Crippen molar-refractivity contribution in [1.82, 2.24) is 3.97 Å². The van der Waals surface area contributed by atoms with Gasteiger partial charge in [-0.25, -0.2) is 12.4 Å². The fourth-order valence-corrected chi connectivity index (χ4v) is 5.02. The molecule has 0 atom stereocenters. The lowest BCUT2D eigenvalue weighted by Gasteiger charge is -2.13. The highest BCUT2D eigenvalue weighted by Gasteiger charge is 2.27. The SMILES string of the molecule is Nc1ccccc1-c1c(Cl)c2ccccc2n1S(=O)(=O)c1ccccc1. The summed E-state index contributed by atoms with van der Waals surface area (Å²) in [6, 6.07) is 22.5. The van der Waals surface area contributed by atoms with Crippen LogP contribution in [0.5, 0.6) is 0 Å². The van der Waals surface area contributed by atoms with Gasteiger partial charge in [-0.15, -0.1) is 0 Å². The Morgan fingerprint density at radius 3 is 2.15 bits per heavy atom. The number of para-hydroxylation sites is 2. The number of rotatable bonds is 3. The number of benzene rings is 3. The number of nitrogens with zero attached hydrogens (tertiary/aromatic N) is 1. The molecule has 0 amide bonds. The zero-order valence-corrected chi connectivity index (χ0v) is 15.2. The van der Waals surface area contributed by atoms with Gasteiger partial charge in [0.25, 0.3) is 10.0 Å². The largest absolute Gasteiger partial charge is 0.398 e. The van der Waals surface area contributed by atoms with Gasteiger partial charge in [0, 0.05) is 16.6 Å². The molecule has 0 unspecified atom stereocenters. The number of anilines is 1. The molecule has 130 valence electrons. The van der Waals surface area contributed by atoms with Crippen molar-refractivity contribution in [3.05, 3.63) is 83.9 Å². The molecular weight excluding hydrogens is 368 g/mol. The molecule has 0 saturated heterocycles. The smallest absolute Gasteiger partial charge is 0.268 e. The number of aromatic nitrogens is 1. The van der Waals surface area contributed by atoms with E-state index in [2.05, 4.69) is 0 Å². The average Bonchev–Trinajstić information content (AvgIpc) is 2.96. The number of hydrogen-bond donors (Lipinski definition) is 1. The summed E-state index contributed by atoms with van der Waals surface area (Å²) in [5.41, 5.74) is 8.05. The minimum absolute atomic E-state index is 0.188. The highest BCUT2D eigenvalue weighted by Crippen LogP contribution is 2.41. The van der Waals surface area contributed by atoms with Crippen LogP contribution in [0.3, 0.4) is 0 Å². The topological polar surface area (TPSA) is 65.1 Å². The van der Waals surface area contributed by atoms with E-state index >= 15 is 0 Å². The molecule has 0 aliphatic rings. The van der Waals surface area contributed by atoms with Crippen LogP contribution in [0.4, 0.5) is 5.69 Å². The molecule has 26 heavy (non-hydrogen) atoms. The summed E-state index contributed by atoms with van der Waals surface area (Å²) in [6.45, 7) is 0. The van der Waals surface area contributed by atoms with Crippen LogP contribution in [0, 0.1) is 0 Å². The van der Waals surface area contributed by atoms with Crippen molar-refractivity contribution >= 4 is 38.2 Å². The summed E-state index contributed by atoms with van der Waals surface area (Å²) in [4.78, 5) is 0.188. The van der Waals surface area contributed by atoms with Gasteiger partial charge in [-0.05, 0) is 24.3 Å². The molecule has 6 heteroatoms. The van der Waals surface area contributed by atoms with Crippen LogP contribution in [0.1, 0.15) is 0 Å². The second-order valence-electron chi connectivity index (χ2n) is 5.85. The van der Waals surface area contributed by atoms with Crippen LogP contribution < -0.4 is 5.73 Å². The second-order valence-corrected chi connectivity index (χ2v) is 8.01. The Hall–Kier alpha value is -2.76. The van der Waals surface area contributed by atoms with E-state index in [1.165, 1.54) is 3.97 Å². The summed E-state index contributed by atoms with van der Waals surface area (Å²) >= 11 is 6.62. The lowest BCUT2D eigenvalue weighted by atomic mass is 10.1. The van der Waals surface area contributed by atoms with Crippen molar-refractivity contribution in [2.24, 2.45) is 0 Å². The van der Waals surface area contributed by atoms with Crippen molar-refractivity contribution in [3.63, 3.8) is 0 Å². The van der Waals surface area contributed by atoms with E-state index in [0.29, 0.717) is 32.9 Å². The predicted octanol–water partition coefficient (Wildman–Crippen LogP) is 4.78. The van der Waals surface area contributed by atoms with Crippen molar-refractivity contribution < 1.29 is 8.42 Å². The van der Waals surface area contributed by atoms with Gasteiger partial charge in [0.15, 0.2) is 0 Å². The van der Waals surface area contributed by atoms with E-state index in [9.17, 15) is 8.42 Å². The predicted molar refractivity (Wildman–Crippen MR) is 106 cm³/mol. The van der Waals surface area contributed by atoms with Crippen molar-refractivity contribution in [3.8, 4) is 11.3 Å². The molecule has 3 aromatic carbocycles. The molecule has 0 spiro atoms. The van der Waals surface area contributed by atoms with Gasteiger partial charge in [-0.1, -0.05) is 66.2 Å². The number of nitrogen functional groups attached to an aromatic ring is 1. The monoisotopic (exact) mass is 382 g/mol. The summed E-state index contributed by atoms with van der Waals surface area (Å²) < 4.78 is 28.1. The normalized spacial score (nSPS) is 11.7. The quantitative estimate of drug-likeness (QED) is 0.518. The molecule has 2 N–H and O–H groups in total. The number of halogens is 1. The van der Waals surface area contributed by atoms with Crippen molar-refractivity contribution in [2.75, 3.05) is 5.73 Å². The molecule has 0 aliphatic carbocycles. The zero-order valence-electron chi connectivity index (χ0n) is 13.6. The summed E-state index contributed by atoms with van der Waals surface area (Å²) in [6.07, 6.45) is 0. The fourth-order valence-electron chi connectivity index (χ4n) is 3.06. The lowest BCUT2D eigenvalue weighted by Crippen LogP contribution is -2.14. The first-order chi connectivity index (χ1) is 12.5. The fraction of sp³-hybridized carbons (Fsp3) is 0. The lowest BCUT2D eigenvalue weighted by molar-refractivity contribution is 0.589. The Kier molecular flexibility index (Phi) is 3.98. The van der Waals surface area contributed by atoms with Crippen LogP contribution in [0.2, 0.25) is 5.02 Å². The Balaban J connectivity index is 2.16. The second kappa shape index (κ2) is 6.20. The molecule has 1 aromatic heterocycles. The van der Waals surface area contributed by atoms with Gasteiger partial charge < -0.3 is 5.73 Å². The van der Waals surface area contributed by atoms with Gasteiger partial charge in [-0.2, -0.15) is 0 Å². The molecule has 1 heterocycles. The van der Waals surface area contributed by atoms with Crippen LogP contribution in [0.25, 0.3) is 22.2 Å². The van der Waals surface area contributed by atoms with Gasteiger partial charge in [-0.3, -0.25) is 0 Å². The third-order valence-electron chi connectivity index (χ3n) is 4.27. The molecule has 4 rings (SSSR count). The minimum Gasteiger partial charge on any atom is -0.398 e. The van der Waals surface area contributed by atoms with E-state index in [1.54, 1.807) is 72.8 Å². The highest BCUT2D eigenvalue weighted by atomic mass is 35.5. The molecule has 0 aliphatic heterocycles. The average molecular weight is 383 g/mol. The van der Waals surface area contributed by atoms with Gasteiger partial charge >= 0.3 is 0 Å². The van der Waals surface area contributed by atoms with E-state index in [-0.39, 0.29) is 4.90 Å². The summed E-state index contributed by atoms with van der Waals surface area (Å²) in [7, 11) is -3.86. The third kappa shape index (κ3) is 2.48. The van der Waals surface area contributed by atoms with E-state index in [0.717, 1.165) is 0 Å². The number of hydrogen-bond acceptors (Lipinski definition) is 3. The van der Waals surface area contributed by atoms with Crippen LogP contribution in [-0.2, 0) is 10.0 Å². The molecule has 0 fully saturated rings. The first kappa shape index (κ1) is 16.7. The third-order valence-corrected chi connectivity index (χ3v) is 6.38. The number of fused-ring (bicyclic) bond motifs is 1. The maximum Gasteiger partial charge on any atom is 0.268 e. The standard InChI is InChI=1S/C20H15ClN2O2S/c21-19-16-11-5-7-13-18(16)23(20(19)15-10-4-6-12-17(15)22)26(24,25)14-8-2-1-3-9-14/h1-13H,22H2. The van der Waals surface area contributed by atoms with Crippen molar-refractivity contribution in [2.45, 2.75) is 4.90 Å². The van der Waals surface area contributed by atoms with E-state index < -0.39 is 10.0 Å². The Morgan fingerprint density at radius 1 is 0.808 bits per heavy atom. The van der Waals surface area contributed by atoms with Gasteiger partial charge in [0.05, 0.1) is 21.1 Å². The Labute approximate surface area is 156 Å². The highest BCUT2D eigenvalue weighted by molar-refractivity contribution is 7.90. The summed E-state index contributed by atoms with van der Waals surface area (Å²) in [5, 5.41) is 1.02. The van der Waals surface area contributed by atoms with Crippen LogP contribution in [0.15, 0.2) is 83.8 Å². The molecule has 4 nitrogen and oxygen atoms in total. The Bertz CT molecular complexity index is 1220. The van der Waals surface area contributed by atoms with E-state index in [4.69, 9.17) is 17.3 Å². The summed E-state index contributed by atoms with van der Waals surface area (Å²) in [5.74, 6) is 0. The van der Waals surface area contributed by atoms with Gasteiger partial charge in [0.1, 0.15) is 0 Å².